The highest BCUT2D eigenvalue weighted by Gasteiger charge is 2.28. The van der Waals surface area contributed by atoms with Crippen molar-refractivity contribution in [3.05, 3.63) is 92.9 Å². The highest BCUT2D eigenvalue weighted by Crippen LogP contribution is 2.36. The highest BCUT2D eigenvalue weighted by molar-refractivity contribution is 7.91. The number of phenols is 2. The Morgan fingerprint density at radius 3 is 2.16 bits per heavy atom. The van der Waals surface area contributed by atoms with Crippen molar-refractivity contribution < 1.29 is 18.6 Å². The fourth-order valence-electron chi connectivity index (χ4n) is 4.42. The molecule has 0 atom stereocenters. The van der Waals surface area contributed by atoms with Crippen molar-refractivity contribution in [2.24, 2.45) is 0 Å². The summed E-state index contributed by atoms with van der Waals surface area (Å²) < 4.78 is 26.4. The van der Waals surface area contributed by atoms with Crippen LogP contribution in [0.1, 0.15) is 27.7 Å². The standard InChI is InChI=1S/C26H24O4S/c1-15-12-17(3)23-16(2)10-11-20-21(24(23)18(4)13-15)14-22(27)26(25(20)28)31(29,30)19-8-6-5-7-9-19/h5-14,27-28H,1-4H3. The van der Waals surface area contributed by atoms with E-state index in [0.29, 0.717) is 10.4 Å². The van der Waals surface area contributed by atoms with Crippen LogP contribution in [-0.2, 0) is 9.84 Å². The molecule has 0 spiro atoms. The fourth-order valence-corrected chi connectivity index (χ4v) is 5.87. The molecule has 158 valence electrons. The lowest BCUT2D eigenvalue weighted by atomic mass is 9.89. The second-order valence-corrected chi connectivity index (χ2v) is 9.90. The topological polar surface area (TPSA) is 74.6 Å². The van der Waals surface area contributed by atoms with Gasteiger partial charge >= 0.3 is 0 Å². The van der Waals surface area contributed by atoms with Gasteiger partial charge in [-0.25, -0.2) is 8.42 Å². The molecule has 4 rings (SSSR count). The molecule has 0 amide bonds. The van der Waals surface area contributed by atoms with Crippen molar-refractivity contribution in [1.29, 1.82) is 0 Å². The minimum atomic E-state index is -4.12. The van der Waals surface area contributed by atoms with Crippen LogP contribution < -0.4 is 10.4 Å². The van der Waals surface area contributed by atoms with Crippen LogP contribution in [0.15, 0.2) is 92.3 Å². The number of phenolic OH excluding ortho intramolecular Hbond substituents is 2. The Balaban J connectivity index is 2.17. The van der Waals surface area contributed by atoms with Crippen LogP contribution >= 0.6 is 0 Å². The second-order valence-electron chi connectivity index (χ2n) is 8.02. The molecule has 0 aliphatic heterocycles. The van der Waals surface area contributed by atoms with Gasteiger partial charge < -0.3 is 10.2 Å². The van der Waals surface area contributed by atoms with E-state index in [1.165, 1.54) is 18.2 Å². The normalized spacial score (nSPS) is 16.3. The third-order valence-electron chi connectivity index (χ3n) is 5.69. The first-order chi connectivity index (χ1) is 14.6. The van der Waals surface area contributed by atoms with E-state index in [9.17, 15) is 18.6 Å². The number of rotatable bonds is 2. The van der Waals surface area contributed by atoms with Crippen LogP contribution in [-0.4, -0.2) is 18.6 Å². The molecular weight excluding hydrogens is 408 g/mol. The van der Waals surface area contributed by atoms with E-state index in [1.807, 2.05) is 33.8 Å². The lowest BCUT2D eigenvalue weighted by molar-refractivity contribution is 0.419. The number of hydrogen-bond donors (Lipinski definition) is 2. The third kappa shape index (κ3) is 3.35. The number of aromatic hydroxyl groups is 2. The van der Waals surface area contributed by atoms with Crippen LogP contribution in [0.4, 0.5) is 0 Å². The van der Waals surface area contributed by atoms with E-state index in [0.717, 1.165) is 33.4 Å². The monoisotopic (exact) mass is 432 g/mol. The van der Waals surface area contributed by atoms with E-state index in [1.54, 1.807) is 24.3 Å². The maximum atomic E-state index is 13.2. The number of hydrogen-bond acceptors (Lipinski definition) is 4. The third-order valence-corrected chi connectivity index (χ3v) is 7.52. The first-order valence-electron chi connectivity index (χ1n) is 9.99. The van der Waals surface area contributed by atoms with E-state index in [4.69, 9.17) is 0 Å². The SMILES string of the molecule is CC1=CC(C)=C2C(C)=CC=c3c(O)c(S(=O)(=O)c4ccccc4)c(O)cc3=C2C(C)=C1. The first-order valence-corrected chi connectivity index (χ1v) is 11.5. The van der Waals surface area contributed by atoms with Gasteiger partial charge in [0.15, 0.2) is 4.90 Å². The molecule has 0 radical (unpaired) electrons. The molecule has 0 saturated carbocycles. The van der Waals surface area contributed by atoms with Gasteiger partial charge in [0, 0.05) is 5.22 Å². The largest absolute Gasteiger partial charge is 0.506 e. The summed E-state index contributed by atoms with van der Waals surface area (Å²) in [7, 11) is -4.12. The fraction of sp³-hybridized carbons (Fsp3) is 0.154. The van der Waals surface area contributed by atoms with E-state index >= 15 is 0 Å². The Morgan fingerprint density at radius 2 is 1.48 bits per heavy atom. The number of allylic oxidation sites excluding steroid dienone is 8. The van der Waals surface area contributed by atoms with Crippen LogP contribution in [0.25, 0.3) is 11.6 Å². The lowest BCUT2D eigenvalue weighted by Gasteiger charge is -2.16. The summed E-state index contributed by atoms with van der Waals surface area (Å²) >= 11 is 0. The molecule has 2 N–H and O–H groups in total. The van der Waals surface area contributed by atoms with E-state index < -0.39 is 26.2 Å². The molecular formula is C26H24O4S. The second kappa shape index (κ2) is 7.43. The lowest BCUT2D eigenvalue weighted by Crippen LogP contribution is -2.29. The molecule has 0 aromatic heterocycles. The number of sulfone groups is 1. The quantitative estimate of drug-likeness (QED) is 0.751. The smallest absolute Gasteiger partial charge is 0.213 e. The maximum absolute atomic E-state index is 13.2. The molecule has 0 fully saturated rings. The van der Waals surface area contributed by atoms with Crippen LogP contribution in [0, 0.1) is 0 Å². The summed E-state index contributed by atoms with van der Waals surface area (Å²) in [5.74, 6) is -0.921. The minimum Gasteiger partial charge on any atom is -0.506 e. The zero-order valence-corrected chi connectivity index (χ0v) is 18.7. The van der Waals surface area contributed by atoms with Crippen LogP contribution in [0.2, 0.25) is 0 Å². The Hall–Kier alpha value is -3.31. The van der Waals surface area contributed by atoms with Gasteiger partial charge in [-0.3, -0.25) is 0 Å². The molecule has 2 aliphatic rings. The predicted molar refractivity (Wildman–Crippen MR) is 123 cm³/mol. The number of fused-ring (bicyclic) bond motifs is 2. The van der Waals surface area contributed by atoms with Gasteiger partial charge in [-0.05, 0) is 79.0 Å². The Morgan fingerprint density at radius 1 is 0.806 bits per heavy atom. The molecule has 2 aliphatic carbocycles. The van der Waals surface area contributed by atoms with Gasteiger partial charge in [0.2, 0.25) is 9.84 Å². The zero-order chi connectivity index (χ0) is 22.5. The molecule has 5 heteroatoms. The molecule has 0 unspecified atom stereocenters. The molecule has 2 aromatic rings. The first kappa shape index (κ1) is 20.9. The maximum Gasteiger partial charge on any atom is 0.213 e. The van der Waals surface area contributed by atoms with Crippen LogP contribution in [0.3, 0.4) is 0 Å². The minimum absolute atomic E-state index is 0.00958. The van der Waals surface area contributed by atoms with Gasteiger partial charge in [0.05, 0.1) is 4.90 Å². The van der Waals surface area contributed by atoms with E-state index in [2.05, 4.69) is 12.2 Å². The Labute approximate surface area is 182 Å². The Kier molecular flexibility index (Phi) is 5.02. The van der Waals surface area contributed by atoms with Gasteiger partial charge in [0.1, 0.15) is 11.5 Å². The number of benzene rings is 2. The molecule has 0 bridgehead atoms. The van der Waals surface area contributed by atoms with Crippen molar-refractivity contribution in [2.45, 2.75) is 37.5 Å². The summed E-state index contributed by atoms with van der Waals surface area (Å²) in [5, 5.41) is 22.9. The molecule has 4 nitrogen and oxygen atoms in total. The molecule has 0 heterocycles. The average molecular weight is 433 g/mol. The summed E-state index contributed by atoms with van der Waals surface area (Å²) in [6, 6.07) is 9.26. The summed E-state index contributed by atoms with van der Waals surface area (Å²) in [6.07, 6.45) is 7.75. The average Bonchev–Trinajstić information content (AvgIpc) is 2.91. The van der Waals surface area contributed by atoms with Crippen molar-refractivity contribution in [1.82, 2.24) is 0 Å². The summed E-state index contributed by atoms with van der Waals surface area (Å²) in [5.41, 5.74) is 6.01. The molecule has 31 heavy (non-hydrogen) atoms. The molecule has 2 aromatic carbocycles. The summed E-state index contributed by atoms with van der Waals surface area (Å²) in [4.78, 5) is -0.468. The van der Waals surface area contributed by atoms with Crippen molar-refractivity contribution >= 4 is 21.5 Å². The van der Waals surface area contributed by atoms with Gasteiger partial charge in [0.25, 0.3) is 0 Å². The van der Waals surface area contributed by atoms with Crippen LogP contribution in [0.5, 0.6) is 11.5 Å². The summed E-state index contributed by atoms with van der Waals surface area (Å²) in [6.45, 7) is 8.02. The highest BCUT2D eigenvalue weighted by atomic mass is 32.2. The van der Waals surface area contributed by atoms with Crippen molar-refractivity contribution in [3.8, 4) is 11.5 Å². The van der Waals surface area contributed by atoms with E-state index in [-0.39, 0.29) is 4.90 Å². The Bertz CT molecular complexity index is 1470. The molecule has 0 saturated heterocycles. The van der Waals surface area contributed by atoms with Crippen molar-refractivity contribution in [2.75, 3.05) is 0 Å². The van der Waals surface area contributed by atoms with Crippen molar-refractivity contribution in [3.63, 3.8) is 0 Å². The predicted octanol–water partition coefficient (Wildman–Crippen LogP) is 4.04. The zero-order valence-electron chi connectivity index (χ0n) is 17.9. The van der Waals surface area contributed by atoms with Gasteiger partial charge in [-0.15, -0.1) is 0 Å². The van der Waals surface area contributed by atoms with Gasteiger partial charge in [-0.2, -0.15) is 0 Å². The van der Waals surface area contributed by atoms with Gasteiger partial charge in [-0.1, -0.05) is 48.1 Å².